The van der Waals surface area contributed by atoms with Crippen LogP contribution in [-0.4, -0.2) is 36.7 Å². The summed E-state index contributed by atoms with van der Waals surface area (Å²) in [6, 6.07) is 7.70. The van der Waals surface area contributed by atoms with Gasteiger partial charge < -0.3 is 20.1 Å². The molecular weight excluding hydrogens is 324 g/mol. The monoisotopic (exact) mass is 350 g/mol. The first-order valence-corrected chi connectivity index (χ1v) is 8.11. The van der Waals surface area contributed by atoms with Crippen molar-refractivity contribution in [2.24, 2.45) is 0 Å². The number of ether oxygens (including phenoxy) is 2. The summed E-state index contributed by atoms with van der Waals surface area (Å²) in [7, 11) is 0. The van der Waals surface area contributed by atoms with Crippen molar-refractivity contribution in [2.45, 2.75) is 46.3 Å². The van der Waals surface area contributed by atoms with Crippen LogP contribution in [0.3, 0.4) is 0 Å². The predicted octanol–water partition coefficient (Wildman–Crippen LogP) is 2.07. The van der Waals surface area contributed by atoms with E-state index in [2.05, 4.69) is 10.6 Å². The topological polar surface area (TPSA) is 93.7 Å². The number of hydrogen-bond donors (Lipinski definition) is 2. The van der Waals surface area contributed by atoms with Gasteiger partial charge in [0, 0.05) is 13.1 Å². The fraction of sp³-hybridized carbons (Fsp3) is 0.500. The summed E-state index contributed by atoms with van der Waals surface area (Å²) < 4.78 is 9.90. The molecule has 0 atom stereocenters. The van der Waals surface area contributed by atoms with E-state index in [1.807, 2.05) is 31.2 Å². The molecular formula is C18H26N2O5. The van der Waals surface area contributed by atoms with E-state index >= 15 is 0 Å². The summed E-state index contributed by atoms with van der Waals surface area (Å²) >= 11 is 0. The maximum Gasteiger partial charge on any atom is 0.407 e. The highest BCUT2D eigenvalue weighted by Gasteiger charge is 2.16. The molecule has 138 valence electrons. The summed E-state index contributed by atoms with van der Waals surface area (Å²) in [4.78, 5) is 34.6. The third kappa shape index (κ3) is 9.34. The number of amides is 2. The lowest BCUT2D eigenvalue weighted by Crippen LogP contribution is -2.34. The standard InChI is InChI=1S/C18H26N2O5/c1-13-7-5-6-8-14(13)11-20-15(21)12-24-16(22)9-10-19-17(23)25-18(2,3)4/h5-8H,9-12H2,1-4H3,(H,19,23)(H,20,21). The summed E-state index contributed by atoms with van der Waals surface area (Å²) in [6.07, 6.45) is -0.638. The second-order valence-electron chi connectivity index (χ2n) is 6.54. The molecule has 0 unspecified atom stereocenters. The highest BCUT2D eigenvalue weighted by atomic mass is 16.6. The molecule has 0 aliphatic carbocycles. The van der Waals surface area contributed by atoms with Crippen LogP contribution in [0.25, 0.3) is 0 Å². The Balaban J connectivity index is 2.18. The fourth-order valence-electron chi connectivity index (χ4n) is 1.85. The van der Waals surface area contributed by atoms with Crippen LogP contribution in [0, 0.1) is 6.92 Å². The molecule has 2 amide bonds. The van der Waals surface area contributed by atoms with Crippen LogP contribution >= 0.6 is 0 Å². The van der Waals surface area contributed by atoms with Gasteiger partial charge in [0.1, 0.15) is 5.60 Å². The minimum Gasteiger partial charge on any atom is -0.456 e. The first kappa shape index (κ1) is 20.5. The molecule has 1 aromatic carbocycles. The molecule has 0 saturated carbocycles. The van der Waals surface area contributed by atoms with Crippen molar-refractivity contribution in [2.75, 3.05) is 13.2 Å². The lowest BCUT2D eigenvalue weighted by Gasteiger charge is -2.19. The molecule has 0 aliphatic rings. The second kappa shape index (κ2) is 9.66. The van der Waals surface area contributed by atoms with Crippen LogP contribution in [-0.2, 0) is 25.6 Å². The Hall–Kier alpha value is -2.57. The molecule has 25 heavy (non-hydrogen) atoms. The quantitative estimate of drug-likeness (QED) is 0.734. The van der Waals surface area contributed by atoms with Gasteiger partial charge in [0.15, 0.2) is 6.61 Å². The zero-order chi connectivity index (χ0) is 18.9. The van der Waals surface area contributed by atoms with E-state index < -0.39 is 17.7 Å². The predicted molar refractivity (Wildman–Crippen MR) is 92.8 cm³/mol. The summed E-state index contributed by atoms with van der Waals surface area (Å²) in [5, 5.41) is 5.14. The van der Waals surface area contributed by atoms with Gasteiger partial charge in [-0.1, -0.05) is 24.3 Å². The third-order valence-electron chi connectivity index (χ3n) is 3.10. The van der Waals surface area contributed by atoms with Gasteiger partial charge in [0.25, 0.3) is 5.91 Å². The Morgan fingerprint density at radius 2 is 1.76 bits per heavy atom. The van der Waals surface area contributed by atoms with E-state index in [0.29, 0.717) is 6.54 Å². The summed E-state index contributed by atoms with van der Waals surface area (Å²) in [6.45, 7) is 7.31. The van der Waals surface area contributed by atoms with E-state index in [0.717, 1.165) is 11.1 Å². The van der Waals surface area contributed by atoms with Gasteiger partial charge in [-0.15, -0.1) is 0 Å². The molecule has 0 saturated heterocycles. The highest BCUT2D eigenvalue weighted by molar-refractivity contribution is 5.80. The Bertz CT molecular complexity index is 608. The van der Waals surface area contributed by atoms with Crippen molar-refractivity contribution in [1.82, 2.24) is 10.6 Å². The van der Waals surface area contributed by atoms with Crippen molar-refractivity contribution in [3.8, 4) is 0 Å². The average molecular weight is 350 g/mol. The number of rotatable bonds is 7. The smallest absolute Gasteiger partial charge is 0.407 e. The molecule has 0 bridgehead atoms. The summed E-state index contributed by atoms with van der Waals surface area (Å²) in [5.74, 6) is -0.946. The number of carbonyl (C=O) groups is 3. The first-order chi connectivity index (χ1) is 11.7. The van der Waals surface area contributed by atoms with E-state index in [1.54, 1.807) is 20.8 Å². The van der Waals surface area contributed by atoms with Crippen molar-refractivity contribution in [3.63, 3.8) is 0 Å². The molecule has 0 aliphatic heterocycles. The average Bonchev–Trinajstić information content (AvgIpc) is 2.50. The van der Waals surface area contributed by atoms with Gasteiger partial charge in [-0.05, 0) is 38.8 Å². The molecule has 2 N–H and O–H groups in total. The van der Waals surface area contributed by atoms with Gasteiger partial charge >= 0.3 is 12.1 Å². The van der Waals surface area contributed by atoms with E-state index in [1.165, 1.54) is 0 Å². The van der Waals surface area contributed by atoms with Crippen molar-refractivity contribution in [1.29, 1.82) is 0 Å². The van der Waals surface area contributed by atoms with Gasteiger partial charge in [-0.25, -0.2) is 4.79 Å². The lowest BCUT2D eigenvalue weighted by atomic mass is 10.1. The van der Waals surface area contributed by atoms with Crippen LogP contribution in [0.2, 0.25) is 0 Å². The van der Waals surface area contributed by atoms with Crippen LogP contribution in [0.1, 0.15) is 38.3 Å². The zero-order valence-electron chi connectivity index (χ0n) is 15.2. The number of hydrogen-bond acceptors (Lipinski definition) is 5. The van der Waals surface area contributed by atoms with Crippen LogP contribution in [0.4, 0.5) is 4.79 Å². The maximum atomic E-state index is 11.7. The number of carbonyl (C=O) groups excluding carboxylic acids is 3. The van der Waals surface area contributed by atoms with Gasteiger partial charge in [0.2, 0.25) is 0 Å². The van der Waals surface area contributed by atoms with E-state index in [9.17, 15) is 14.4 Å². The van der Waals surface area contributed by atoms with Crippen LogP contribution in [0.5, 0.6) is 0 Å². The Labute approximate surface area is 148 Å². The Kier molecular flexibility index (Phi) is 7.91. The third-order valence-corrected chi connectivity index (χ3v) is 3.10. The Morgan fingerprint density at radius 3 is 2.40 bits per heavy atom. The normalized spacial score (nSPS) is 10.7. The van der Waals surface area contributed by atoms with Crippen LogP contribution < -0.4 is 10.6 Å². The van der Waals surface area contributed by atoms with Gasteiger partial charge in [-0.2, -0.15) is 0 Å². The number of alkyl carbamates (subject to hydrolysis) is 1. The molecule has 7 heteroatoms. The molecule has 0 aromatic heterocycles. The molecule has 7 nitrogen and oxygen atoms in total. The van der Waals surface area contributed by atoms with Crippen molar-refractivity contribution >= 4 is 18.0 Å². The number of aryl methyl sites for hydroxylation is 1. The highest BCUT2D eigenvalue weighted by Crippen LogP contribution is 2.07. The molecule has 0 radical (unpaired) electrons. The fourth-order valence-corrected chi connectivity index (χ4v) is 1.85. The van der Waals surface area contributed by atoms with Gasteiger partial charge in [0.05, 0.1) is 6.42 Å². The molecule has 1 rings (SSSR count). The SMILES string of the molecule is Cc1ccccc1CNC(=O)COC(=O)CCNC(=O)OC(C)(C)C. The summed E-state index contributed by atoms with van der Waals surface area (Å²) in [5.41, 5.74) is 1.48. The lowest BCUT2D eigenvalue weighted by molar-refractivity contribution is -0.148. The first-order valence-electron chi connectivity index (χ1n) is 8.11. The molecule has 0 spiro atoms. The number of nitrogens with one attached hydrogen (secondary N) is 2. The van der Waals surface area contributed by atoms with Gasteiger partial charge in [-0.3, -0.25) is 9.59 Å². The zero-order valence-corrected chi connectivity index (χ0v) is 15.2. The van der Waals surface area contributed by atoms with E-state index in [-0.39, 0.29) is 25.5 Å². The Morgan fingerprint density at radius 1 is 1.08 bits per heavy atom. The van der Waals surface area contributed by atoms with Crippen LogP contribution in [0.15, 0.2) is 24.3 Å². The molecule has 0 fully saturated rings. The largest absolute Gasteiger partial charge is 0.456 e. The number of esters is 1. The minimum atomic E-state index is -0.601. The minimum absolute atomic E-state index is 0.0374. The van der Waals surface area contributed by atoms with Crippen molar-refractivity contribution < 1.29 is 23.9 Å². The second-order valence-corrected chi connectivity index (χ2v) is 6.54. The molecule has 0 heterocycles. The maximum absolute atomic E-state index is 11.7. The van der Waals surface area contributed by atoms with Crippen molar-refractivity contribution in [3.05, 3.63) is 35.4 Å². The number of benzene rings is 1. The van der Waals surface area contributed by atoms with E-state index in [4.69, 9.17) is 9.47 Å². The molecule has 1 aromatic rings.